The number of fused-ring (bicyclic) bond motifs is 1. The minimum atomic E-state index is -0.559. The van der Waals surface area contributed by atoms with E-state index in [1.54, 1.807) is 0 Å². The van der Waals surface area contributed by atoms with Gasteiger partial charge < -0.3 is 9.84 Å². The molecule has 1 fully saturated rings. The van der Waals surface area contributed by atoms with Crippen LogP contribution in [-0.4, -0.2) is 11.4 Å². The molecule has 0 aromatic rings. The summed E-state index contributed by atoms with van der Waals surface area (Å²) >= 11 is 0. The standard InChI is InChI=1S/C8H10O2/c9-8-5-6-3-1-2-4-7(6)10-8/h1-2,4,6,8-9H,3,5H2. The van der Waals surface area contributed by atoms with E-state index in [-0.39, 0.29) is 0 Å². The Hall–Kier alpha value is -0.760. The largest absolute Gasteiger partial charge is 0.469 e. The third kappa shape index (κ3) is 0.847. The second-order valence-electron chi connectivity index (χ2n) is 2.74. The van der Waals surface area contributed by atoms with Crippen LogP contribution in [0.5, 0.6) is 0 Å². The van der Waals surface area contributed by atoms with Gasteiger partial charge in [-0.2, -0.15) is 0 Å². The second kappa shape index (κ2) is 2.13. The number of ether oxygens (including phenoxy) is 1. The molecule has 1 saturated heterocycles. The lowest BCUT2D eigenvalue weighted by Crippen LogP contribution is -2.00. The number of hydrogen-bond donors (Lipinski definition) is 1. The van der Waals surface area contributed by atoms with Crippen LogP contribution in [0.25, 0.3) is 0 Å². The molecule has 1 aliphatic carbocycles. The zero-order chi connectivity index (χ0) is 6.97. The molecule has 0 saturated carbocycles. The molecule has 2 atom stereocenters. The Balaban J connectivity index is 2.18. The molecule has 1 aliphatic heterocycles. The number of aliphatic hydroxyl groups is 1. The number of hydrogen-bond acceptors (Lipinski definition) is 2. The van der Waals surface area contributed by atoms with Crippen molar-refractivity contribution in [3.8, 4) is 0 Å². The molecule has 2 unspecified atom stereocenters. The van der Waals surface area contributed by atoms with E-state index < -0.39 is 6.29 Å². The highest BCUT2D eigenvalue weighted by Crippen LogP contribution is 2.33. The average molecular weight is 138 g/mol. The maximum atomic E-state index is 9.07. The van der Waals surface area contributed by atoms with Crippen molar-refractivity contribution < 1.29 is 9.84 Å². The Morgan fingerprint density at radius 3 is 3.30 bits per heavy atom. The van der Waals surface area contributed by atoms with Crippen molar-refractivity contribution in [1.29, 1.82) is 0 Å². The molecule has 0 bridgehead atoms. The Morgan fingerprint density at radius 1 is 1.60 bits per heavy atom. The second-order valence-corrected chi connectivity index (χ2v) is 2.74. The van der Waals surface area contributed by atoms with Crippen LogP contribution in [0.2, 0.25) is 0 Å². The Morgan fingerprint density at radius 2 is 2.50 bits per heavy atom. The van der Waals surface area contributed by atoms with Crippen LogP contribution in [-0.2, 0) is 4.74 Å². The fourth-order valence-corrected chi connectivity index (χ4v) is 1.45. The first kappa shape index (κ1) is 5.98. The molecule has 0 spiro atoms. The summed E-state index contributed by atoms with van der Waals surface area (Å²) in [6.45, 7) is 0. The Bertz CT molecular complexity index is 193. The fourth-order valence-electron chi connectivity index (χ4n) is 1.45. The van der Waals surface area contributed by atoms with Crippen molar-refractivity contribution in [2.24, 2.45) is 5.92 Å². The Kier molecular flexibility index (Phi) is 1.27. The highest BCUT2D eigenvalue weighted by atomic mass is 16.6. The van der Waals surface area contributed by atoms with E-state index in [1.165, 1.54) is 0 Å². The van der Waals surface area contributed by atoms with Gasteiger partial charge in [-0.1, -0.05) is 12.2 Å². The molecule has 10 heavy (non-hydrogen) atoms. The van der Waals surface area contributed by atoms with Crippen LogP contribution in [0.3, 0.4) is 0 Å². The van der Waals surface area contributed by atoms with Gasteiger partial charge in [0, 0.05) is 12.3 Å². The van der Waals surface area contributed by atoms with Gasteiger partial charge in [0.05, 0.1) is 0 Å². The number of allylic oxidation sites excluding steroid dienone is 4. The SMILES string of the molecule is OC1CC2CC=CC=C2O1. The predicted octanol–water partition coefficient (Wildman–Crippen LogP) is 1.19. The van der Waals surface area contributed by atoms with Gasteiger partial charge in [0.1, 0.15) is 5.76 Å². The summed E-state index contributed by atoms with van der Waals surface area (Å²) in [4.78, 5) is 0. The first-order valence-electron chi connectivity index (χ1n) is 3.58. The quantitative estimate of drug-likeness (QED) is 0.544. The average Bonchev–Trinajstić information content (AvgIpc) is 2.27. The summed E-state index contributed by atoms with van der Waals surface area (Å²) < 4.78 is 5.13. The van der Waals surface area contributed by atoms with Gasteiger partial charge in [-0.25, -0.2) is 0 Å². The van der Waals surface area contributed by atoms with E-state index in [1.807, 2.05) is 12.2 Å². The molecule has 0 aromatic heterocycles. The molecule has 1 N–H and O–H groups in total. The van der Waals surface area contributed by atoms with Crippen molar-refractivity contribution in [3.63, 3.8) is 0 Å². The van der Waals surface area contributed by atoms with Gasteiger partial charge in [0.25, 0.3) is 0 Å². The van der Waals surface area contributed by atoms with E-state index in [0.29, 0.717) is 5.92 Å². The maximum absolute atomic E-state index is 9.07. The van der Waals surface area contributed by atoms with Crippen LogP contribution >= 0.6 is 0 Å². The molecular formula is C8H10O2. The highest BCUT2D eigenvalue weighted by molar-refractivity contribution is 5.18. The molecule has 0 aromatic carbocycles. The van der Waals surface area contributed by atoms with E-state index >= 15 is 0 Å². The summed E-state index contributed by atoms with van der Waals surface area (Å²) in [5.41, 5.74) is 0. The third-order valence-corrected chi connectivity index (χ3v) is 1.98. The molecule has 0 radical (unpaired) electrons. The van der Waals surface area contributed by atoms with Crippen molar-refractivity contribution in [3.05, 3.63) is 24.0 Å². The molecular weight excluding hydrogens is 128 g/mol. The van der Waals surface area contributed by atoms with Gasteiger partial charge in [-0.15, -0.1) is 0 Å². The summed E-state index contributed by atoms with van der Waals surface area (Å²) in [6.07, 6.45) is 7.24. The zero-order valence-electron chi connectivity index (χ0n) is 5.66. The van der Waals surface area contributed by atoms with E-state index in [9.17, 15) is 0 Å². The Labute approximate surface area is 59.8 Å². The van der Waals surface area contributed by atoms with Crippen LogP contribution in [0.15, 0.2) is 24.0 Å². The third-order valence-electron chi connectivity index (χ3n) is 1.98. The molecule has 2 heteroatoms. The maximum Gasteiger partial charge on any atom is 0.197 e. The lowest BCUT2D eigenvalue weighted by molar-refractivity contribution is -0.0351. The summed E-state index contributed by atoms with van der Waals surface area (Å²) in [5.74, 6) is 1.40. The van der Waals surface area contributed by atoms with Crippen molar-refractivity contribution >= 4 is 0 Å². The first-order valence-corrected chi connectivity index (χ1v) is 3.58. The monoisotopic (exact) mass is 138 g/mol. The van der Waals surface area contributed by atoms with Crippen molar-refractivity contribution in [2.75, 3.05) is 0 Å². The van der Waals surface area contributed by atoms with Gasteiger partial charge in [0.15, 0.2) is 6.29 Å². The highest BCUT2D eigenvalue weighted by Gasteiger charge is 2.29. The van der Waals surface area contributed by atoms with Gasteiger partial charge in [0.2, 0.25) is 0 Å². The zero-order valence-corrected chi connectivity index (χ0v) is 5.66. The summed E-state index contributed by atoms with van der Waals surface area (Å²) in [5, 5.41) is 9.07. The molecule has 2 rings (SSSR count). The fraction of sp³-hybridized carbons (Fsp3) is 0.500. The van der Waals surface area contributed by atoms with Crippen molar-refractivity contribution in [1.82, 2.24) is 0 Å². The topological polar surface area (TPSA) is 29.5 Å². The van der Waals surface area contributed by atoms with Crippen LogP contribution in [0.1, 0.15) is 12.8 Å². The molecule has 1 heterocycles. The van der Waals surface area contributed by atoms with Gasteiger partial charge >= 0.3 is 0 Å². The predicted molar refractivity (Wildman–Crippen MR) is 37.0 cm³/mol. The number of aliphatic hydroxyl groups excluding tert-OH is 1. The van der Waals surface area contributed by atoms with Gasteiger partial charge in [-0.05, 0) is 12.5 Å². The molecule has 2 nitrogen and oxygen atoms in total. The lowest BCUT2D eigenvalue weighted by atomic mass is 9.97. The minimum absolute atomic E-state index is 0.444. The molecule has 54 valence electrons. The minimum Gasteiger partial charge on any atom is -0.469 e. The van der Waals surface area contributed by atoms with E-state index in [4.69, 9.17) is 9.84 Å². The normalized spacial score (nSPS) is 36.7. The number of rotatable bonds is 0. The lowest BCUT2D eigenvalue weighted by Gasteiger charge is -2.08. The summed E-state index contributed by atoms with van der Waals surface area (Å²) in [6, 6.07) is 0. The van der Waals surface area contributed by atoms with E-state index in [0.717, 1.165) is 18.6 Å². The molecule has 2 aliphatic rings. The van der Waals surface area contributed by atoms with Crippen LogP contribution < -0.4 is 0 Å². The smallest absolute Gasteiger partial charge is 0.197 e. The van der Waals surface area contributed by atoms with Crippen molar-refractivity contribution in [2.45, 2.75) is 19.1 Å². The van der Waals surface area contributed by atoms with Crippen LogP contribution in [0.4, 0.5) is 0 Å². The molecule has 0 amide bonds. The van der Waals surface area contributed by atoms with Crippen LogP contribution in [0, 0.1) is 5.92 Å². The first-order chi connectivity index (χ1) is 4.86. The summed E-state index contributed by atoms with van der Waals surface area (Å²) in [7, 11) is 0. The van der Waals surface area contributed by atoms with Gasteiger partial charge in [-0.3, -0.25) is 0 Å². The van der Waals surface area contributed by atoms with E-state index in [2.05, 4.69) is 6.08 Å².